The lowest BCUT2D eigenvalue weighted by Gasteiger charge is -2.14. The van der Waals surface area contributed by atoms with E-state index in [-0.39, 0.29) is 6.04 Å². The molecule has 0 spiro atoms. The molecule has 15 heavy (non-hydrogen) atoms. The standard InChI is InChI=1S/C11H19N3O/c1-3-5-15-10-6-9(7-13-8-10)11(4-2)14-12/h6-8,11,14H,3-5,12H2,1-2H3. The van der Waals surface area contributed by atoms with Gasteiger partial charge in [0.2, 0.25) is 0 Å². The summed E-state index contributed by atoms with van der Waals surface area (Å²) in [5.41, 5.74) is 3.82. The molecule has 0 saturated carbocycles. The van der Waals surface area contributed by atoms with Crippen LogP contribution >= 0.6 is 0 Å². The minimum atomic E-state index is 0.141. The van der Waals surface area contributed by atoms with Crippen LogP contribution in [0.15, 0.2) is 18.5 Å². The zero-order valence-corrected chi connectivity index (χ0v) is 9.36. The molecule has 0 aromatic carbocycles. The van der Waals surface area contributed by atoms with Crippen molar-refractivity contribution in [3.8, 4) is 5.75 Å². The third-order valence-corrected chi connectivity index (χ3v) is 2.22. The largest absolute Gasteiger partial charge is 0.492 e. The van der Waals surface area contributed by atoms with Crippen molar-refractivity contribution in [3.63, 3.8) is 0 Å². The molecule has 1 aromatic rings. The third-order valence-electron chi connectivity index (χ3n) is 2.22. The first kappa shape index (κ1) is 11.9. The van der Waals surface area contributed by atoms with Gasteiger partial charge in [-0.3, -0.25) is 16.3 Å². The Hall–Kier alpha value is -1.13. The van der Waals surface area contributed by atoms with E-state index < -0.39 is 0 Å². The highest BCUT2D eigenvalue weighted by Crippen LogP contribution is 2.19. The van der Waals surface area contributed by atoms with Crippen LogP contribution in [0.4, 0.5) is 0 Å². The highest BCUT2D eigenvalue weighted by molar-refractivity contribution is 5.25. The van der Waals surface area contributed by atoms with E-state index in [0.717, 1.165) is 30.8 Å². The summed E-state index contributed by atoms with van der Waals surface area (Å²) in [4.78, 5) is 4.13. The van der Waals surface area contributed by atoms with Gasteiger partial charge in [-0.25, -0.2) is 0 Å². The van der Waals surface area contributed by atoms with Gasteiger partial charge in [-0.05, 0) is 24.5 Å². The minimum absolute atomic E-state index is 0.141. The molecule has 0 radical (unpaired) electrons. The molecule has 0 aliphatic carbocycles. The van der Waals surface area contributed by atoms with Crippen LogP contribution < -0.4 is 16.0 Å². The van der Waals surface area contributed by atoms with Gasteiger partial charge >= 0.3 is 0 Å². The van der Waals surface area contributed by atoms with Crippen molar-refractivity contribution < 1.29 is 4.74 Å². The van der Waals surface area contributed by atoms with Crippen molar-refractivity contribution in [1.29, 1.82) is 0 Å². The molecule has 1 aromatic heterocycles. The molecular weight excluding hydrogens is 190 g/mol. The summed E-state index contributed by atoms with van der Waals surface area (Å²) in [6, 6.07) is 2.12. The summed E-state index contributed by atoms with van der Waals surface area (Å²) in [6.45, 7) is 4.87. The second-order valence-corrected chi connectivity index (χ2v) is 3.43. The van der Waals surface area contributed by atoms with Crippen molar-refractivity contribution in [2.45, 2.75) is 32.7 Å². The SMILES string of the molecule is CCCOc1cncc(C(CC)NN)c1. The Bertz CT molecular complexity index is 287. The van der Waals surface area contributed by atoms with Crippen molar-refractivity contribution in [3.05, 3.63) is 24.0 Å². The zero-order chi connectivity index (χ0) is 11.1. The number of nitrogens with zero attached hydrogens (tertiary/aromatic N) is 1. The van der Waals surface area contributed by atoms with E-state index in [1.54, 1.807) is 6.20 Å². The Morgan fingerprint density at radius 2 is 2.27 bits per heavy atom. The topological polar surface area (TPSA) is 60.2 Å². The smallest absolute Gasteiger partial charge is 0.137 e. The maximum Gasteiger partial charge on any atom is 0.137 e. The fraction of sp³-hybridized carbons (Fsp3) is 0.545. The molecular formula is C11H19N3O. The maximum atomic E-state index is 5.50. The lowest BCUT2D eigenvalue weighted by molar-refractivity contribution is 0.315. The summed E-state index contributed by atoms with van der Waals surface area (Å²) < 4.78 is 5.50. The number of nitrogens with one attached hydrogen (secondary N) is 1. The van der Waals surface area contributed by atoms with E-state index >= 15 is 0 Å². The van der Waals surface area contributed by atoms with E-state index in [2.05, 4.69) is 24.3 Å². The average molecular weight is 209 g/mol. The number of pyridine rings is 1. The van der Waals surface area contributed by atoms with Crippen LogP contribution in [0.2, 0.25) is 0 Å². The van der Waals surface area contributed by atoms with Crippen molar-refractivity contribution in [1.82, 2.24) is 10.4 Å². The van der Waals surface area contributed by atoms with E-state index in [9.17, 15) is 0 Å². The van der Waals surface area contributed by atoms with Gasteiger partial charge in [0.15, 0.2) is 0 Å². The Morgan fingerprint density at radius 1 is 1.47 bits per heavy atom. The molecule has 1 heterocycles. The zero-order valence-electron chi connectivity index (χ0n) is 9.36. The molecule has 0 aliphatic rings. The Morgan fingerprint density at radius 3 is 2.87 bits per heavy atom. The van der Waals surface area contributed by atoms with Gasteiger partial charge < -0.3 is 4.74 Å². The van der Waals surface area contributed by atoms with Crippen molar-refractivity contribution >= 4 is 0 Å². The summed E-state index contributed by atoms with van der Waals surface area (Å²) >= 11 is 0. The molecule has 84 valence electrons. The third kappa shape index (κ3) is 3.49. The predicted octanol–water partition coefficient (Wildman–Crippen LogP) is 1.78. The molecule has 1 rings (SSSR count). The normalized spacial score (nSPS) is 12.5. The molecule has 0 amide bonds. The first-order chi connectivity index (χ1) is 7.31. The Balaban J connectivity index is 2.72. The number of ether oxygens (including phenoxy) is 1. The molecule has 0 fully saturated rings. The monoisotopic (exact) mass is 209 g/mol. The van der Waals surface area contributed by atoms with Gasteiger partial charge in [0.1, 0.15) is 5.75 Å². The second-order valence-electron chi connectivity index (χ2n) is 3.43. The first-order valence-electron chi connectivity index (χ1n) is 5.35. The molecule has 4 heteroatoms. The van der Waals surface area contributed by atoms with Crippen LogP contribution in [0.3, 0.4) is 0 Å². The predicted molar refractivity (Wildman–Crippen MR) is 60.4 cm³/mol. The summed E-state index contributed by atoms with van der Waals surface area (Å²) in [5.74, 6) is 6.26. The maximum absolute atomic E-state index is 5.50. The van der Waals surface area contributed by atoms with E-state index in [4.69, 9.17) is 10.6 Å². The quantitative estimate of drug-likeness (QED) is 0.554. The van der Waals surface area contributed by atoms with Gasteiger partial charge in [-0.2, -0.15) is 0 Å². The fourth-order valence-corrected chi connectivity index (χ4v) is 1.37. The van der Waals surface area contributed by atoms with Gasteiger partial charge in [-0.1, -0.05) is 13.8 Å². The van der Waals surface area contributed by atoms with Crippen LogP contribution in [0.5, 0.6) is 5.75 Å². The number of nitrogens with two attached hydrogens (primary N) is 1. The number of hydrogen-bond acceptors (Lipinski definition) is 4. The number of hydrazine groups is 1. The minimum Gasteiger partial charge on any atom is -0.492 e. The van der Waals surface area contributed by atoms with Gasteiger partial charge in [0, 0.05) is 12.2 Å². The number of rotatable bonds is 6. The van der Waals surface area contributed by atoms with E-state index in [0.29, 0.717) is 0 Å². The van der Waals surface area contributed by atoms with Crippen LogP contribution in [-0.2, 0) is 0 Å². The summed E-state index contributed by atoms with van der Waals surface area (Å²) in [5, 5.41) is 0. The highest BCUT2D eigenvalue weighted by atomic mass is 16.5. The van der Waals surface area contributed by atoms with E-state index in [1.165, 1.54) is 0 Å². The Kier molecular flexibility index (Phi) is 5.07. The lowest BCUT2D eigenvalue weighted by Crippen LogP contribution is -2.27. The van der Waals surface area contributed by atoms with Gasteiger partial charge in [0.25, 0.3) is 0 Å². The fourth-order valence-electron chi connectivity index (χ4n) is 1.37. The molecule has 0 bridgehead atoms. The molecule has 0 aliphatic heterocycles. The first-order valence-corrected chi connectivity index (χ1v) is 5.35. The molecule has 0 saturated heterocycles. The van der Waals surface area contributed by atoms with Crippen LogP contribution in [-0.4, -0.2) is 11.6 Å². The second kappa shape index (κ2) is 6.37. The molecule has 1 unspecified atom stereocenters. The molecule has 1 atom stereocenters. The van der Waals surface area contributed by atoms with E-state index in [1.807, 2.05) is 12.3 Å². The molecule has 4 nitrogen and oxygen atoms in total. The van der Waals surface area contributed by atoms with Gasteiger partial charge in [-0.15, -0.1) is 0 Å². The van der Waals surface area contributed by atoms with Crippen molar-refractivity contribution in [2.75, 3.05) is 6.61 Å². The van der Waals surface area contributed by atoms with Gasteiger partial charge in [0.05, 0.1) is 12.8 Å². The van der Waals surface area contributed by atoms with Crippen LogP contribution in [0.25, 0.3) is 0 Å². The highest BCUT2D eigenvalue weighted by Gasteiger charge is 2.08. The van der Waals surface area contributed by atoms with Crippen molar-refractivity contribution in [2.24, 2.45) is 5.84 Å². The Labute approximate surface area is 90.8 Å². The molecule has 3 N–H and O–H groups in total. The number of hydrogen-bond donors (Lipinski definition) is 2. The average Bonchev–Trinajstić information content (AvgIpc) is 2.29. The number of aromatic nitrogens is 1. The lowest BCUT2D eigenvalue weighted by atomic mass is 10.1. The van der Waals surface area contributed by atoms with Crippen LogP contribution in [0, 0.1) is 0 Å². The van der Waals surface area contributed by atoms with Crippen LogP contribution in [0.1, 0.15) is 38.3 Å². The summed E-state index contributed by atoms with van der Waals surface area (Å²) in [7, 11) is 0. The summed E-state index contributed by atoms with van der Waals surface area (Å²) in [6.07, 6.45) is 5.46.